The van der Waals surface area contributed by atoms with Crippen LogP contribution in [-0.2, 0) is 6.18 Å². The zero-order chi connectivity index (χ0) is 12.3. The van der Waals surface area contributed by atoms with Gasteiger partial charge in [0.2, 0.25) is 0 Å². The maximum atomic E-state index is 12.1. The number of pyridine rings is 1. The van der Waals surface area contributed by atoms with Gasteiger partial charge in [0.15, 0.2) is 12.0 Å². The Bertz CT molecular complexity index is 391. The van der Waals surface area contributed by atoms with Crippen molar-refractivity contribution in [3.63, 3.8) is 0 Å². The first-order valence-corrected chi connectivity index (χ1v) is 3.83. The van der Waals surface area contributed by atoms with Crippen molar-refractivity contribution in [1.29, 1.82) is 0 Å². The predicted molar refractivity (Wildman–Crippen MR) is 41.3 cm³/mol. The quantitative estimate of drug-likeness (QED) is 0.602. The molecular weight excluding hydrogens is 237 g/mol. The summed E-state index contributed by atoms with van der Waals surface area (Å²) in [7, 11) is 0. The van der Waals surface area contributed by atoms with Crippen LogP contribution >= 0.6 is 0 Å². The molecule has 8 heteroatoms. The number of rotatable bonds is 3. The van der Waals surface area contributed by atoms with Gasteiger partial charge in [0.05, 0.1) is 0 Å². The van der Waals surface area contributed by atoms with Crippen LogP contribution in [0.25, 0.3) is 0 Å². The Morgan fingerprint density at radius 3 is 2.38 bits per heavy atom. The number of hydrogen-bond acceptors (Lipinski definition) is 3. The van der Waals surface area contributed by atoms with E-state index < -0.39 is 29.9 Å². The third kappa shape index (κ3) is 2.88. The zero-order valence-corrected chi connectivity index (χ0v) is 7.46. The summed E-state index contributed by atoms with van der Waals surface area (Å²) < 4.78 is 63.8. The topological polar surface area (TPSA) is 39.2 Å². The standard InChI is InChI=1S/C8H4F5NO2/c9-7(10)16-5-1-2-6(8(11,12)13)14-4(5)3-15/h1-3,7H. The molecule has 0 aromatic carbocycles. The Kier molecular flexibility index (Phi) is 3.41. The third-order valence-electron chi connectivity index (χ3n) is 1.50. The highest BCUT2D eigenvalue weighted by Crippen LogP contribution is 2.29. The second-order valence-electron chi connectivity index (χ2n) is 2.57. The second-order valence-corrected chi connectivity index (χ2v) is 2.57. The molecule has 0 amide bonds. The van der Waals surface area contributed by atoms with Gasteiger partial charge in [-0.2, -0.15) is 22.0 Å². The van der Waals surface area contributed by atoms with E-state index in [0.29, 0.717) is 12.1 Å². The van der Waals surface area contributed by atoms with Gasteiger partial charge in [-0.05, 0) is 12.1 Å². The van der Waals surface area contributed by atoms with Crippen molar-refractivity contribution >= 4 is 6.29 Å². The fraction of sp³-hybridized carbons (Fsp3) is 0.250. The molecule has 1 aromatic heterocycles. The van der Waals surface area contributed by atoms with Gasteiger partial charge < -0.3 is 4.74 Å². The molecule has 0 radical (unpaired) electrons. The Hall–Kier alpha value is -1.73. The van der Waals surface area contributed by atoms with Crippen molar-refractivity contribution in [3.05, 3.63) is 23.5 Å². The lowest BCUT2D eigenvalue weighted by Gasteiger charge is -2.09. The first-order chi connectivity index (χ1) is 7.34. The summed E-state index contributed by atoms with van der Waals surface area (Å²) >= 11 is 0. The molecule has 0 N–H and O–H groups in total. The summed E-state index contributed by atoms with van der Waals surface area (Å²) in [6.45, 7) is -3.24. The van der Waals surface area contributed by atoms with Crippen molar-refractivity contribution < 1.29 is 31.5 Å². The summed E-state index contributed by atoms with van der Waals surface area (Å²) in [5, 5.41) is 0. The summed E-state index contributed by atoms with van der Waals surface area (Å²) in [5.74, 6) is -0.696. The average Bonchev–Trinajstić information content (AvgIpc) is 2.15. The molecule has 3 nitrogen and oxygen atoms in total. The molecule has 16 heavy (non-hydrogen) atoms. The summed E-state index contributed by atoms with van der Waals surface area (Å²) in [6.07, 6.45) is -4.84. The van der Waals surface area contributed by atoms with Crippen LogP contribution < -0.4 is 4.74 Å². The Labute approximate surface area is 85.8 Å². The number of carbonyl (C=O) groups is 1. The van der Waals surface area contributed by atoms with E-state index in [4.69, 9.17) is 0 Å². The average molecular weight is 241 g/mol. The summed E-state index contributed by atoms with van der Waals surface area (Å²) in [5.41, 5.74) is -2.17. The molecule has 0 atom stereocenters. The molecule has 0 aliphatic rings. The van der Waals surface area contributed by atoms with Gasteiger partial charge >= 0.3 is 12.8 Å². The molecule has 0 aliphatic heterocycles. The van der Waals surface area contributed by atoms with Crippen molar-refractivity contribution in [2.45, 2.75) is 12.8 Å². The largest absolute Gasteiger partial charge is 0.433 e. The van der Waals surface area contributed by atoms with E-state index in [-0.39, 0.29) is 6.29 Å². The predicted octanol–water partition coefficient (Wildman–Crippen LogP) is 2.51. The minimum Gasteiger partial charge on any atom is -0.432 e. The van der Waals surface area contributed by atoms with Crippen molar-refractivity contribution in [2.24, 2.45) is 0 Å². The zero-order valence-electron chi connectivity index (χ0n) is 7.46. The molecular formula is C8H4F5NO2. The van der Waals surface area contributed by atoms with E-state index >= 15 is 0 Å². The molecule has 0 fully saturated rings. The Morgan fingerprint density at radius 2 is 1.94 bits per heavy atom. The fourth-order valence-electron chi connectivity index (χ4n) is 0.900. The fourth-order valence-corrected chi connectivity index (χ4v) is 0.900. The molecule has 0 aliphatic carbocycles. The van der Waals surface area contributed by atoms with Gasteiger partial charge in [-0.1, -0.05) is 0 Å². The monoisotopic (exact) mass is 241 g/mol. The van der Waals surface area contributed by atoms with E-state index in [9.17, 15) is 26.7 Å². The van der Waals surface area contributed by atoms with E-state index in [0.717, 1.165) is 0 Å². The summed E-state index contributed by atoms with van der Waals surface area (Å²) in [6, 6.07) is 1.07. The van der Waals surface area contributed by atoms with Crippen LogP contribution in [0.2, 0.25) is 0 Å². The van der Waals surface area contributed by atoms with Crippen LogP contribution in [0.15, 0.2) is 12.1 Å². The van der Waals surface area contributed by atoms with Crippen LogP contribution in [0.1, 0.15) is 16.2 Å². The van der Waals surface area contributed by atoms with E-state index in [1.165, 1.54) is 0 Å². The van der Waals surface area contributed by atoms with Crippen LogP contribution in [0, 0.1) is 0 Å². The number of aromatic nitrogens is 1. The van der Waals surface area contributed by atoms with Crippen LogP contribution in [0.4, 0.5) is 22.0 Å². The Morgan fingerprint density at radius 1 is 1.31 bits per heavy atom. The van der Waals surface area contributed by atoms with Gasteiger partial charge in [0, 0.05) is 0 Å². The number of hydrogen-bond donors (Lipinski definition) is 0. The number of halogens is 5. The van der Waals surface area contributed by atoms with Gasteiger partial charge in [-0.15, -0.1) is 0 Å². The van der Waals surface area contributed by atoms with Crippen molar-refractivity contribution in [1.82, 2.24) is 4.98 Å². The highest BCUT2D eigenvalue weighted by atomic mass is 19.4. The maximum Gasteiger partial charge on any atom is 0.433 e. The highest BCUT2D eigenvalue weighted by Gasteiger charge is 2.33. The van der Waals surface area contributed by atoms with Crippen LogP contribution in [-0.4, -0.2) is 17.9 Å². The van der Waals surface area contributed by atoms with Crippen molar-refractivity contribution in [2.75, 3.05) is 0 Å². The second kappa shape index (κ2) is 4.42. The van der Waals surface area contributed by atoms with Gasteiger partial charge in [-0.3, -0.25) is 4.79 Å². The molecule has 0 bridgehead atoms. The summed E-state index contributed by atoms with van der Waals surface area (Å²) in [4.78, 5) is 13.2. The minimum absolute atomic E-state index is 0.0903. The molecule has 0 saturated carbocycles. The van der Waals surface area contributed by atoms with Gasteiger partial charge in [0.1, 0.15) is 11.4 Å². The number of ether oxygens (including phenoxy) is 1. The molecule has 1 rings (SSSR count). The third-order valence-corrected chi connectivity index (χ3v) is 1.50. The lowest BCUT2D eigenvalue weighted by molar-refractivity contribution is -0.141. The minimum atomic E-state index is -4.75. The molecule has 1 heterocycles. The smallest absolute Gasteiger partial charge is 0.432 e. The molecule has 0 saturated heterocycles. The first-order valence-electron chi connectivity index (χ1n) is 3.83. The van der Waals surface area contributed by atoms with E-state index in [1.54, 1.807) is 0 Å². The maximum absolute atomic E-state index is 12.1. The van der Waals surface area contributed by atoms with E-state index in [1.807, 2.05) is 0 Å². The van der Waals surface area contributed by atoms with Gasteiger partial charge in [-0.25, -0.2) is 4.98 Å². The van der Waals surface area contributed by atoms with Crippen LogP contribution in [0.5, 0.6) is 5.75 Å². The molecule has 88 valence electrons. The van der Waals surface area contributed by atoms with Crippen molar-refractivity contribution in [3.8, 4) is 5.75 Å². The van der Waals surface area contributed by atoms with E-state index in [2.05, 4.69) is 9.72 Å². The number of nitrogens with zero attached hydrogens (tertiary/aromatic N) is 1. The molecule has 0 spiro atoms. The SMILES string of the molecule is O=Cc1nc(C(F)(F)F)ccc1OC(F)F. The normalized spacial score (nSPS) is 11.6. The molecule has 1 aromatic rings. The van der Waals surface area contributed by atoms with Crippen LogP contribution in [0.3, 0.4) is 0 Å². The number of alkyl halides is 5. The lowest BCUT2D eigenvalue weighted by atomic mass is 10.3. The van der Waals surface area contributed by atoms with Gasteiger partial charge in [0.25, 0.3) is 0 Å². The number of carbonyl (C=O) groups excluding carboxylic acids is 1. The lowest BCUT2D eigenvalue weighted by Crippen LogP contribution is -2.11. The first kappa shape index (κ1) is 12.3. The molecule has 0 unspecified atom stereocenters. The highest BCUT2D eigenvalue weighted by molar-refractivity contribution is 5.76. The number of aldehydes is 1. The Balaban J connectivity index is 3.12.